The van der Waals surface area contributed by atoms with Crippen LogP contribution in [0.5, 0.6) is 0 Å². The minimum Gasteiger partial charge on any atom is -0.376 e. The van der Waals surface area contributed by atoms with Crippen molar-refractivity contribution in [2.75, 3.05) is 11.9 Å². The number of aryl methyl sites for hydroxylation is 2. The molecule has 3 nitrogen and oxygen atoms in total. The van der Waals surface area contributed by atoms with Crippen LogP contribution in [0, 0.1) is 13.8 Å². The number of anilines is 1. The maximum atomic E-state index is 11.8. The zero-order valence-electron chi connectivity index (χ0n) is 12.2. The van der Waals surface area contributed by atoms with Gasteiger partial charge in [0.05, 0.1) is 6.54 Å². The number of rotatable bonds is 5. The molecule has 0 saturated carbocycles. The van der Waals surface area contributed by atoms with Crippen molar-refractivity contribution in [3.63, 3.8) is 0 Å². The largest absolute Gasteiger partial charge is 0.376 e. The first-order valence-corrected chi connectivity index (χ1v) is 7.66. The number of carbonyl (C=O) groups excluding carboxylic acids is 1. The number of hydrogen-bond acceptors (Lipinski definition) is 2. The fraction of sp³-hybridized carbons (Fsp3) is 0.235. The van der Waals surface area contributed by atoms with E-state index in [1.807, 2.05) is 50.2 Å². The molecule has 0 fully saturated rings. The van der Waals surface area contributed by atoms with Gasteiger partial charge in [-0.25, -0.2) is 0 Å². The van der Waals surface area contributed by atoms with Crippen LogP contribution in [0.1, 0.15) is 16.7 Å². The molecule has 0 radical (unpaired) electrons. The van der Waals surface area contributed by atoms with Gasteiger partial charge in [-0.05, 0) is 43.2 Å². The third kappa shape index (κ3) is 4.90. The highest BCUT2D eigenvalue weighted by Crippen LogP contribution is 2.19. The minimum atomic E-state index is -0.0166. The van der Waals surface area contributed by atoms with Crippen LogP contribution in [0.3, 0.4) is 0 Å². The monoisotopic (exact) mass is 346 g/mol. The number of halogens is 1. The number of benzene rings is 2. The van der Waals surface area contributed by atoms with Gasteiger partial charge in [0.15, 0.2) is 0 Å². The van der Waals surface area contributed by atoms with Crippen molar-refractivity contribution in [2.24, 2.45) is 0 Å². The van der Waals surface area contributed by atoms with Crippen molar-refractivity contribution in [1.29, 1.82) is 0 Å². The molecule has 2 rings (SSSR count). The molecule has 0 spiro atoms. The first kappa shape index (κ1) is 15.6. The highest BCUT2D eigenvalue weighted by Gasteiger charge is 2.02. The number of hydrogen-bond donors (Lipinski definition) is 2. The fourth-order valence-electron chi connectivity index (χ4n) is 2.02. The van der Waals surface area contributed by atoms with Crippen molar-refractivity contribution in [2.45, 2.75) is 20.4 Å². The van der Waals surface area contributed by atoms with Crippen LogP contribution >= 0.6 is 15.9 Å². The van der Waals surface area contributed by atoms with Gasteiger partial charge in [-0.2, -0.15) is 0 Å². The average molecular weight is 347 g/mol. The summed E-state index contributed by atoms with van der Waals surface area (Å²) in [6.07, 6.45) is 0. The van der Waals surface area contributed by atoms with Gasteiger partial charge >= 0.3 is 0 Å². The number of carbonyl (C=O) groups is 1. The van der Waals surface area contributed by atoms with Crippen molar-refractivity contribution >= 4 is 27.5 Å². The van der Waals surface area contributed by atoms with E-state index in [1.54, 1.807) is 0 Å². The number of nitrogens with one attached hydrogen (secondary N) is 2. The number of amides is 1. The van der Waals surface area contributed by atoms with Gasteiger partial charge in [-0.15, -0.1) is 0 Å². The first-order chi connectivity index (χ1) is 10.0. The summed E-state index contributed by atoms with van der Waals surface area (Å²) in [4.78, 5) is 11.8. The Bertz CT molecular complexity index is 640. The molecule has 0 aromatic heterocycles. The van der Waals surface area contributed by atoms with Crippen LogP contribution < -0.4 is 10.6 Å². The van der Waals surface area contributed by atoms with E-state index < -0.39 is 0 Å². The van der Waals surface area contributed by atoms with Crippen molar-refractivity contribution in [3.8, 4) is 0 Å². The Hall–Kier alpha value is -1.81. The van der Waals surface area contributed by atoms with Crippen LogP contribution in [-0.4, -0.2) is 12.5 Å². The third-order valence-corrected chi connectivity index (χ3v) is 4.07. The van der Waals surface area contributed by atoms with E-state index in [0.717, 1.165) is 21.3 Å². The summed E-state index contributed by atoms with van der Waals surface area (Å²) in [5.74, 6) is -0.0166. The molecule has 2 aromatic rings. The maximum Gasteiger partial charge on any atom is 0.239 e. The topological polar surface area (TPSA) is 41.1 Å². The maximum absolute atomic E-state index is 11.8. The predicted molar refractivity (Wildman–Crippen MR) is 90.4 cm³/mol. The zero-order chi connectivity index (χ0) is 15.2. The van der Waals surface area contributed by atoms with E-state index in [4.69, 9.17) is 0 Å². The highest BCUT2D eigenvalue weighted by atomic mass is 79.9. The molecular weight excluding hydrogens is 328 g/mol. The SMILES string of the molecule is Cc1cccc(CNC(=O)CNc2ccc(Br)c(C)c2)c1. The molecule has 110 valence electrons. The van der Waals surface area contributed by atoms with Crippen molar-refractivity contribution < 1.29 is 4.79 Å². The van der Waals surface area contributed by atoms with E-state index in [2.05, 4.69) is 32.6 Å². The van der Waals surface area contributed by atoms with E-state index in [-0.39, 0.29) is 12.5 Å². The van der Waals surface area contributed by atoms with E-state index in [0.29, 0.717) is 6.54 Å². The van der Waals surface area contributed by atoms with E-state index in [1.165, 1.54) is 5.56 Å². The van der Waals surface area contributed by atoms with Gasteiger partial charge in [0.25, 0.3) is 0 Å². The summed E-state index contributed by atoms with van der Waals surface area (Å²) in [6, 6.07) is 14.1. The summed E-state index contributed by atoms with van der Waals surface area (Å²) in [5.41, 5.74) is 4.40. The summed E-state index contributed by atoms with van der Waals surface area (Å²) < 4.78 is 1.07. The van der Waals surface area contributed by atoms with E-state index >= 15 is 0 Å². The summed E-state index contributed by atoms with van der Waals surface area (Å²) in [7, 11) is 0. The standard InChI is InChI=1S/C17H19BrN2O/c1-12-4-3-5-14(8-12)10-20-17(21)11-19-15-6-7-16(18)13(2)9-15/h3-9,19H,10-11H2,1-2H3,(H,20,21). The molecule has 4 heteroatoms. The zero-order valence-corrected chi connectivity index (χ0v) is 13.8. The average Bonchev–Trinajstić information content (AvgIpc) is 2.46. The van der Waals surface area contributed by atoms with Gasteiger partial charge in [0.2, 0.25) is 5.91 Å². The van der Waals surface area contributed by atoms with Gasteiger partial charge < -0.3 is 10.6 Å². The van der Waals surface area contributed by atoms with Crippen LogP contribution in [0.25, 0.3) is 0 Å². The Morgan fingerprint density at radius 1 is 1.14 bits per heavy atom. The second kappa shape index (κ2) is 7.27. The molecule has 0 bridgehead atoms. The van der Waals surface area contributed by atoms with Crippen LogP contribution in [0.2, 0.25) is 0 Å². The summed E-state index contributed by atoms with van der Waals surface area (Å²) >= 11 is 3.46. The van der Waals surface area contributed by atoms with Gasteiger partial charge in [0.1, 0.15) is 0 Å². The lowest BCUT2D eigenvalue weighted by Gasteiger charge is -2.09. The Kier molecular flexibility index (Phi) is 5.39. The van der Waals surface area contributed by atoms with Crippen LogP contribution in [-0.2, 0) is 11.3 Å². The second-order valence-electron chi connectivity index (χ2n) is 5.08. The molecule has 0 saturated heterocycles. The third-order valence-electron chi connectivity index (χ3n) is 3.18. The molecule has 1 amide bonds. The molecule has 0 aliphatic rings. The van der Waals surface area contributed by atoms with Gasteiger partial charge in [0, 0.05) is 16.7 Å². The first-order valence-electron chi connectivity index (χ1n) is 6.87. The van der Waals surface area contributed by atoms with Crippen LogP contribution in [0.4, 0.5) is 5.69 Å². The second-order valence-corrected chi connectivity index (χ2v) is 5.94. The fourth-order valence-corrected chi connectivity index (χ4v) is 2.27. The van der Waals surface area contributed by atoms with Gasteiger partial charge in [-0.1, -0.05) is 45.8 Å². The highest BCUT2D eigenvalue weighted by molar-refractivity contribution is 9.10. The summed E-state index contributed by atoms with van der Waals surface area (Å²) in [6.45, 7) is 4.89. The smallest absolute Gasteiger partial charge is 0.239 e. The normalized spacial score (nSPS) is 10.2. The Morgan fingerprint density at radius 3 is 2.67 bits per heavy atom. The molecule has 0 unspecified atom stereocenters. The Balaban J connectivity index is 1.80. The quantitative estimate of drug-likeness (QED) is 0.864. The van der Waals surface area contributed by atoms with E-state index in [9.17, 15) is 4.79 Å². The Labute approximate surface area is 133 Å². The molecule has 21 heavy (non-hydrogen) atoms. The lowest BCUT2D eigenvalue weighted by atomic mass is 10.1. The lowest BCUT2D eigenvalue weighted by molar-refractivity contribution is -0.119. The van der Waals surface area contributed by atoms with Gasteiger partial charge in [-0.3, -0.25) is 4.79 Å². The molecule has 0 aliphatic heterocycles. The molecular formula is C17H19BrN2O. The molecule has 2 N–H and O–H groups in total. The van der Waals surface area contributed by atoms with Crippen LogP contribution in [0.15, 0.2) is 46.9 Å². The summed E-state index contributed by atoms with van der Waals surface area (Å²) in [5, 5.41) is 6.04. The molecule has 0 atom stereocenters. The molecule has 2 aromatic carbocycles. The van der Waals surface area contributed by atoms with Crippen molar-refractivity contribution in [3.05, 3.63) is 63.6 Å². The van der Waals surface area contributed by atoms with Crippen molar-refractivity contribution in [1.82, 2.24) is 5.32 Å². The Morgan fingerprint density at radius 2 is 1.95 bits per heavy atom. The minimum absolute atomic E-state index is 0.0166. The predicted octanol–water partition coefficient (Wildman–Crippen LogP) is 3.79. The molecule has 0 heterocycles. The lowest BCUT2D eigenvalue weighted by Crippen LogP contribution is -2.29. The molecule has 0 aliphatic carbocycles.